The highest BCUT2D eigenvalue weighted by molar-refractivity contribution is 5.69. The summed E-state index contributed by atoms with van der Waals surface area (Å²) < 4.78 is 7.05. The summed E-state index contributed by atoms with van der Waals surface area (Å²) in [4.78, 5) is 12.2. The molecule has 0 fully saturated rings. The summed E-state index contributed by atoms with van der Waals surface area (Å²) in [5.41, 5.74) is 3.05. The number of rotatable bonds is 15. The van der Waals surface area contributed by atoms with Gasteiger partial charge < -0.3 is 4.74 Å². The number of azo groups is 1. The molecule has 170 valence electrons. The van der Waals surface area contributed by atoms with Crippen molar-refractivity contribution in [2.45, 2.75) is 91.5 Å². The van der Waals surface area contributed by atoms with Gasteiger partial charge >= 0.3 is 5.97 Å². The third-order valence-corrected chi connectivity index (χ3v) is 5.40. The predicted molar refractivity (Wildman–Crippen MR) is 125 cm³/mol. The first-order chi connectivity index (χ1) is 15.1. The first-order valence-corrected chi connectivity index (χ1v) is 11.8. The number of unbranched alkanes of at least 4 members (excludes halogenated alkanes) is 9. The van der Waals surface area contributed by atoms with Crippen molar-refractivity contribution in [1.82, 2.24) is 9.78 Å². The van der Waals surface area contributed by atoms with Gasteiger partial charge in [-0.1, -0.05) is 82.9 Å². The molecule has 1 aromatic carbocycles. The Labute approximate surface area is 187 Å². The minimum atomic E-state index is -0.256. The number of ether oxygens (including phenoxy) is 1. The van der Waals surface area contributed by atoms with Gasteiger partial charge in [0.05, 0.1) is 23.7 Å². The third kappa shape index (κ3) is 9.45. The predicted octanol–water partition coefficient (Wildman–Crippen LogP) is 7.38. The summed E-state index contributed by atoms with van der Waals surface area (Å²) in [7, 11) is 0. The molecule has 0 aliphatic heterocycles. The van der Waals surface area contributed by atoms with E-state index in [-0.39, 0.29) is 12.5 Å². The van der Waals surface area contributed by atoms with E-state index in [1.807, 2.05) is 44.2 Å². The van der Waals surface area contributed by atoms with Crippen LogP contribution in [0.1, 0.15) is 82.5 Å². The number of carbonyl (C=O) groups excluding carboxylic acids is 1. The molecule has 6 nitrogen and oxygen atoms in total. The zero-order valence-electron chi connectivity index (χ0n) is 19.5. The third-order valence-electron chi connectivity index (χ3n) is 5.40. The quantitative estimate of drug-likeness (QED) is 0.169. The highest BCUT2D eigenvalue weighted by atomic mass is 16.5. The average Bonchev–Trinajstić information content (AvgIpc) is 3.03. The molecule has 0 aliphatic rings. The van der Waals surface area contributed by atoms with Crippen LogP contribution >= 0.6 is 0 Å². The van der Waals surface area contributed by atoms with E-state index in [0.29, 0.717) is 12.3 Å². The molecule has 0 bridgehead atoms. The highest BCUT2D eigenvalue weighted by Gasteiger charge is 2.14. The second kappa shape index (κ2) is 14.5. The average molecular weight is 427 g/mol. The van der Waals surface area contributed by atoms with Crippen LogP contribution in [0.5, 0.6) is 0 Å². The Morgan fingerprint density at radius 3 is 2.16 bits per heavy atom. The molecule has 6 heteroatoms. The van der Waals surface area contributed by atoms with Crippen LogP contribution in [-0.2, 0) is 16.1 Å². The van der Waals surface area contributed by atoms with Gasteiger partial charge in [0.25, 0.3) is 0 Å². The number of esters is 1. The topological polar surface area (TPSA) is 68.8 Å². The van der Waals surface area contributed by atoms with Gasteiger partial charge in [0.2, 0.25) is 0 Å². The van der Waals surface area contributed by atoms with Crippen LogP contribution in [0.4, 0.5) is 11.4 Å². The molecule has 0 aliphatic carbocycles. The molecule has 0 saturated heterocycles. The Morgan fingerprint density at radius 1 is 0.903 bits per heavy atom. The van der Waals surface area contributed by atoms with E-state index < -0.39 is 0 Å². The molecule has 0 amide bonds. The first kappa shape index (κ1) is 24.8. The van der Waals surface area contributed by atoms with Crippen LogP contribution in [0, 0.1) is 13.8 Å². The van der Waals surface area contributed by atoms with E-state index in [9.17, 15) is 4.79 Å². The monoisotopic (exact) mass is 426 g/mol. The maximum atomic E-state index is 12.2. The van der Waals surface area contributed by atoms with Gasteiger partial charge in [0.15, 0.2) is 0 Å². The Bertz CT molecular complexity index is 799. The van der Waals surface area contributed by atoms with Gasteiger partial charge in [0, 0.05) is 0 Å². The number of benzene rings is 1. The lowest BCUT2D eigenvalue weighted by Crippen LogP contribution is -2.16. The van der Waals surface area contributed by atoms with Crippen LogP contribution in [-0.4, -0.2) is 22.4 Å². The minimum absolute atomic E-state index is 0.102. The van der Waals surface area contributed by atoms with Crippen molar-refractivity contribution in [2.24, 2.45) is 10.2 Å². The normalized spacial score (nSPS) is 11.3. The number of hydrogen-bond acceptors (Lipinski definition) is 5. The summed E-state index contributed by atoms with van der Waals surface area (Å²) >= 11 is 0. The lowest BCUT2D eigenvalue weighted by atomic mass is 10.1. The van der Waals surface area contributed by atoms with Gasteiger partial charge in [-0.05, 0) is 32.4 Å². The zero-order valence-corrected chi connectivity index (χ0v) is 19.5. The number of aryl methyl sites for hydroxylation is 1. The first-order valence-electron chi connectivity index (χ1n) is 11.8. The zero-order chi connectivity index (χ0) is 22.3. The fourth-order valence-corrected chi connectivity index (χ4v) is 3.53. The van der Waals surface area contributed by atoms with Gasteiger partial charge in [-0.3, -0.25) is 9.48 Å². The smallest absolute Gasteiger partial charge is 0.327 e. The van der Waals surface area contributed by atoms with Crippen molar-refractivity contribution in [3.8, 4) is 0 Å². The molecule has 31 heavy (non-hydrogen) atoms. The van der Waals surface area contributed by atoms with E-state index in [4.69, 9.17) is 4.74 Å². The summed E-state index contributed by atoms with van der Waals surface area (Å²) in [6.45, 7) is 6.61. The van der Waals surface area contributed by atoms with Crippen LogP contribution in [0.2, 0.25) is 0 Å². The number of nitrogens with zero attached hydrogens (tertiary/aromatic N) is 4. The SMILES string of the molecule is CCCCCCCCCCCCOC(=O)Cn1nc(C)c(N=Nc2ccccc2)c1C. The maximum absolute atomic E-state index is 12.2. The molecule has 0 unspecified atom stereocenters. The van der Waals surface area contributed by atoms with Crippen LogP contribution in [0.3, 0.4) is 0 Å². The number of hydrogen-bond donors (Lipinski definition) is 0. The van der Waals surface area contributed by atoms with Crippen molar-refractivity contribution in [2.75, 3.05) is 6.61 Å². The van der Waals surface area contributed by atoms with E-state index in [1.54, 1.807) is 4.68 Å². The Morgan fingerprint density at radius 2 is 1.52 bits per heavy atom. The van der Waals surface area contributed by atoms with Crippen molar-refractivity contribution in [1.29, 1.82) is 0 Å². The summed E-state index contributed by atoms with van der Waals surface area (Å²) in [6, 6.07) is 9.56. The minimum Gasteiger partial charge on any atom is -0.464 e. The van der Waals surface area contributed by atoms with Gasteiger partial charge in [0.1, 0.15) is 12.2 Å². The molecule has 1 heterocycles. The van der Waals surface area contributed by atoms with Crippen molar-refractivity contribution < 1.29 is 9.53 Å². The fraction of sp³-hybridized carbons (Fsp3) is 0.600. The molecule has 0 spiro atoms. The highest BCUT2D eigenvalue weighted by Crippen LogP contribution is 2.25. The fourth-order valence-electron chi connectivity index (χ4n) is 3.53. The molecular formula is C25H38N4O2. The van der Waals surface area contributed by atoms with Gasteiger partial charge in [-0.2, -0.15) is 10.2 Å². The summed E-state index contributed by atoms with van der Waals surface area (Å²) in [5.74, 6) is -0.256. The molecule has 0 atom stereocenters. The van der Waals surface area contributed by atoms with Crippen molar-refractivity contribution in [3.63, 3.8) is 0 Å². The number of carbonyl (C=O) groups is 1. The lowest BCUT2D eigenvalue weighted by Gasteiger charge is -2.06. The van der Waals surface area contributed by atoms with Gasteiger partial charge in [-0.25, -0.2) is 0 Å². The number of aromatic nitrogens is 2. The van der Waals surface area contributed by atoms with Crippen molar-refractivity contribution in [3.05, 3.63) is 41.7 Å². The van der Waals surface area contributed by atoms with Gasteiger partial charge in [-0.15, -0.1) is 5.11 Å². The second-order valence-electron chi connectivity index (χ2n) is 8.12. The largest absolute Gasteiger partial charge is 0.464 e. The van der Waals surface area contributed by atoms with Crippen LogP contribution in [0.15, 0.2) is 40.6 Å². The summed E-state index contributed by atoms with van der Waals surface area (Å²) in [6.07, 6.45) is 12.6. The standard InChI is InChI=1S/C25H38N4O2/c1-4-5-6-7-8-9-10-11-12-16-19-31-24(30)20-29-22(3)25(21(2)28-29)27-26-23-17-14-13-15-18-23/h13-15,17-18H,4-12,16,19-20H2,1-3H3. The molecular weight excluding hydrogens is 388 g/mol. The second-order valence-corrected chi connectivity index (χ2v) is 8.12. The van der Waals surface area contributed by atoms with E-state index in [2.05, 4.69) is 22.3 Å². The molecule has 0 N–H and O–H groups in total. The lowest BCUT2D eigenvalue weighted by molar-refractivity contribution is -0.144. The Hall–Kier alpha value is -2.50. The van der Waals surface area contributed by atoms with E-state index in [0.717, 1.165) is 29.9 Å². The maximum Gasteiger partial charge on any atom is 0.327 e. The van der Waals surface area contributed by atoms with E-state index >= 15 is 0 Å². The van der Waals surface area contributed by atoms with E-state index in [1.165, 1.54) is 51.4 Å². The summed E-state index contributed by atoms with van der Waals surface area (Å²) in [5, 5.41) is 13.0. The molecule has 1 aromatic heterocycles. The van der Waals surface area contributed by atoms with Crippen molar-refractivity contribution >= 4 is 17.3 Å². The Balaban J connectivity index is 1.64. The molecule has 0 saturated carbocycles. The molecule has 2 aromatic rings. The molecule has 2 rings (SSSR count). The molecule has 0 radical (unpaired) electrons. The van der Waals surface area contributed by atoms with Crippen LogP contribution < -0.4 is 0 Å². The Kier molecular flexibility index (Phi) is 11.6. The van der Waals surface area contributed by atoms with Crippen LogP contribution in [0.25, 0.3) is 0 Å².